The molecule has 6 heteroatoms. The van der Waals surface area contributed by atoms with Gasteiger partial charge >= 0.3 is 0 Å². The maximum atomic E-state index is 12.0. The van der Waals surface area contributed by atoms with E-state index in [2.05, 4.69) is 36.3 Å². The molecule has 1 aromatic rings. The fraction of sp³-hybridized carbons (Fsp3) is 0.750. The fourth-order valence-electron chi connectivity index (χ4n) is 1.62. The van der Waals surface area contributed by atoms with Gasteiger partial charge in [-0.25, -0.2) is 0 Å². The minimum absolute atomic E-state index is 0.0788. The van der Waals surface area contributed by atoms with Crippen molar-refractivity contribution < 1.29 is 4.79 Å². The van der Waals surface area contributed by atoms with Crippen LogP contribution in [0, 0.1) is 5.92 Å². The zero-order chi connectivity index (χ0) is 13.4. The van der Waals surface area contributed by atoms with E-state index in [1.54, 1.807) is 11.8 Å². The van der Waals surface area contributed by atoms with Crippen molar-refractivity contribution in [2.45, 2.75) is 50.8 Å². The lowest BCUT2D eigenvalue weighted by Gasteiger charge is -2.12. The first-order chi connectivity index (χ1) is 8.71. The largest absolute Gasteiger partial charge is 0.300 e. The molecule has 0 saturated carbocycles. The molecule has 1 atom stereocenters. The Bertz CT molecular complexity index is 368. The molecule has 1 heterocycles. The number of carbonyl (C=O) groups excluding carboxylic acids is 1. The normalized spacial score (nSPS) is 12.4. The summed E-state index contributed by atoms with van der Waals surface area (Å²) < 4.78 is 0.911. The summed E-state index contributed by atoms with van der Waals surface area (Å²) in [7, 11) is 0. The van der Waals surface area contributed by atoms with E-state index in [9.17, 15) is 4.79 Å². The number of nitrogens with one attached hydrogen (secondary N) is 1. The number of nitrogens with zero attached hydrogens (tertiary/aromatic N) is 2. The van der Waals surface area contributed by atoms with Crippen LogP contribution in [0.5, 0.6) is 0 Å². The van der Waals surface area contributed by atoms with E-state index in [1.165, 1.54) is 11.3 Å². The first-order valence-electron chi connectivity index (χ1n) is 6.48. The number of anilines is 1. The predicted molar refractivity (Wildman–Crippen MR) is 78.2 cm³/mol. The molecule has 4 nitrogen and oxygen atoms in total. The third-order valence-corrected chi connectivity index (χ3v) is 4.53. The molecule has 0 aliphatic heterocycles. The van der Waals surface area contributed by atoms with Gasteiger partial charge in [0.2, 0.25) is 11.0 Å². The Morgan fingerprint density at radius 2 is 2.17 bits per heavy atom. The van der Waals surface area contributed by atoms with Crippen molar-refractivity contribution in [3.63, 3.8) is 0 Å². The highest BCUT2D eigenvalue weighted by molar-refractivity contribution is 8.01. The second-order valence-corrected chi connectivity index (χ2v) is 6.53. The number of rotatable bonds is 8. The molecular formula is C12H21N3OS2. The first kappa shape index (κ1) is 15.4. The molecule has 0 unspecified atom stereocenters. The molecule has 0 aliphatic rings. The van der Waals surface area contributed by atoms with E-state index in [1.807, 2.05) is 0 Å². The molecule has 1 rings (SSSR count). The molecule has 0 radical (unpaired) electrons. The SMILES string of the molecule is CCCC[C@@H](CC)C(=O)Nc1nnc(SCC)s1. The third kappa shape index (κ3) is 4.94. The summed E-state index contributed by atoms with van der Waals surface area (Å²) in [5.74, 6) is 1.14. The van der Waals surface area contributed by atoms with Crippen LogP contribution in [0.25, 0.3) is 0 Å². The number of hydrogen-bond acceptors (Lipinski definition) is 5. The average molecular weight is 287 g/mol. The highest BCUT2D eigenvalue weighted by atomic mass is 32.2. The highest BCUT2D eigenvalue weighted by Crippen LogP contribution is 2.25. The Hall–Kier alpha value is -0.620. The van der Waals surface area contributed by atoms with Crippen LogP contribution < -0.4 is 5.32 Å². The van der Waals surface area contributed by atoms with Gasteiger partial charge in [-0.15, -0.1) is 10.2 Å². The molecule has 1 N–H and O–H groups in total. The van der Waals surface area contributed by atoms with Gasteiger partial charge in [0.1, 0.15) is 0 Å². The molecule has 1 aromatic heterocycles. The lowest BCUT2D eigenvalue weighted by atomic mass is 9.99. The summed E-state index contributed by atoms with van der Waals surface area (Å²) >= 11 is 3.09. The number of amides is 1. The van der Waals surface area contributed by atoms with Crippen LogP contribution in [0.3, 0.4) is 0 Å². The van der Waals surface area contributed by atoms with Gasteiger partial charge in [0, 0.05) is 5.92 Å². The number of hydrogen-bond donors (Lipinski definition) is 1. The van der Waals surface area contributed by atoms with Crippen molar-refractivity contribution in [1.82, 2.24) is 10.2 Å². The standard InChI is InChI=1S/C12H21N3OS2/c1-4-7-8-9(5-2)10(16)13-11-14-15-12(18-11)17-6-3/h9H,4-8H2,1-3H3,(H,13,14,16)/t9-/m1/s1. The summed E-state index contributed by atoms with van der Waals surface area (Å²) in [4.78, 5) is 12.0. The van der Waals surface area contributed by atoms with Crippen LogP contribution in [0.2, 0.25) is 0 Å². The molecule has 1 amide bonds. The van der Waals surface area contributed by atoms with Gasteiger partial charge in [-0.2, -0.15) is 0 Å². The Labute approximate surface area is 117 Å². The molecular weight excluding hydrogens is 266 g/mol. The summed E-state index contributed by atoms with van der Waals surface area (Å²) in [6.07, 6.45) is 4.05. The van der Waals surface area contributed by atoms with Gasteiger partial charge in [-0.1, -0.05) is 56.7 Å². The minimum Gasteiger partial charge on any atom is -0.300 e. The third-order valence-electron chi connectivity index (χ3n) is 2.67. The Morgan fingerprint density at radius 1 is 1.39 bits per heavy atom. The lowest BCUT2D eigenvalue weighted by Crippen LogP contribution is -2.22. The second kappa shape index (κ2) is 8.48. The zero-order valence-corrected chi connectivity index (χ0v) is 12.9. The van der Waals surface area contributed by atoms with Crippen LogP contribution >= 0.6 is 23.1 Å². The van der Waals surface area contributed by atoms with Crippen molar-refractivity contribution in [2.24, 2.45) is 5.92 Å². The van der Waals surface area contributed by atoms with Gasteiger partial charge in [-0.05, 0) is 18.6 Å². The van der Waals surface area contributed by atoms with Gasteiger partial charge in [0.15, 0.2) is 4.34 Å². The maximum Gasteiger partial charge on any atom is 0.229 e. The first-order valence-corrected chi connectivity index (χ1v) is 8.28. The average Bonchev–Trinajstić information content (AvgIpc) is 2.78. The quantitative estimate of drug-likeness (QED) is 0.583. The van der Waals surface area contributed by atoms with E-state index < -0.39 is 0 Å². The van der Waals surface area contributed by atoms with E-state index in [0.717, 1.165) is 35.8 Å². The number of unbranched alkanes of at least 4 members (excludes halogenated alkanes) is 1. The molecule has 18 heavy (non-hydrogen) atoms. The van der Waals surface area contributed by atoms with Gasteiger partial charge in [0.25, 0.3) is 0 Å². The lowest BCUT2D eigenvalue weighted by molar-refractivity contribution is -0.120. The van der Waals surface area contributed by atoms with Crippen LogP contribution in [-0.2, 0) is 4.79 Å². The molecule has 0 saturated heterocycles. The van der Waals surface area contributed by atoms with Crippen LogP contribution in [0.1, 0.15) is 46.5 Å². The summed E-state index contributed by atoms with van der Waals surface area (Å²) in [5, 5.41) is 11.5. The maximum absolute atomic E-state index is 12.0. The van der Waals surface area contributed by atoms with Crippen molar-refractivity contribution in [3.8, 4) is 0 Å². The molecule has 0 bridgehead atoms. The highest BCUT2D eigenvalue weighted by Gasteiger charge is 2.17. The van der Waals surface area contributed by atoms with Crippen molar-refractivity contribution >= 4 is 34.1 Å². The number of aromatic nitrogens is 2. The number of carbonyl (C=O) groups is 1. The van der Waals surface area contributed by atoms with Gasteiger partial charge in [-0.3, -0.25) is 4.79 Å². The van der Waals surface area contributed by atoms with Crippen molar-refractivity contribution in [2.75, 3.05) is 11.1 Å². The van der Waals surface area contributed by atoms with Crippen LogP contribution in [-0.4, -0.2) is 21.9 Å². The summed E-state index contributed by atoms with van der Waals surface area (Å²) in [5.41, 5.74) is 0. The smallest absolute Gasteiger partial charge is 0.229 e. The molecule has 102 valence electrons. The molecule has 0 aliphatic carbocycles. The monoisotopic (exact) mass is 287 g/mol. The van der Waals surface area contributed by atoms with Gasteiger partial charge < -0.3 is 5.32 Å². The zero-order valence-electron chi connectivity index (χ0n) is 11.2. The Kier molecular flexibility index (Phi) is 7.27. The van der Waals surface area contributed by atoms with Gasteiger partial charge in [0.05, 0.1) is 0 Å². The fourth-order valence-corrected chi connectivity index (χ4v) is 3.27. The van der Waals surface area contributed by atoms with E-state index in [0.29, 0.717) is 5.13 Å². The summed E-state index contributed by atoms with van der Waals surface area (Å²) in [6, 6.07) is 0. The van der Waals surface area contributed by atoms with Crippen molar-refractivity contribution in [3.05, 3.63) is 0 Å². The van der Waals surface area contributed by atoms with Crippen LogP contribution in [0.4, 0.5) is 5.13 Å². The topological polar surface area (TPSA) is 54.9 Å². The van der Waals surface area contributed by atoms with Crippen molar-refractivity contribution in [1.29, 1.82) is 0 Å². The number of thioether (sulfide) groups is 1. The second-order valence-electron chi connectivity index (χ2n) is 4.04. The minimum atomic E-state index is 0.0788. The van der Waals surface area contributed by atoms with E-state index >= 15 is 0 Å². The Balaban J connectivity index is 2.50. The van der Waals surface area contributed by atoms with E-state index in [4.69, 9.17) is 0 Å². The summed E-state index contributed by atoms with van der Waals surface area (Å²) in [6.45, 7) is 6.27. The Morgan fingerprint density at radius 3 is 2.78 bits per heavy atom. The molecule has 0 fully saturated rings. The molecule has 0 aromatic carbocycles. The van der Waals surface area contributed by atoms with Crippen LogP contribution in [0.15, 0.2) is 4.34 Å². The predicted octanol–water partition coefficient (Wildman–Crippen LogP) is 3.81. The molecule has 0 spiro atoms. The van der Waals surface area contributed by atoms with E-state index in [-0.39, 0.29) is 11.8 Å².